The minimum Gasteiger partial charge on any atom is -0.345 e. The quantitative estimate of drug-likeness (QED) is 0.682. The number of carbonyl (C=O) groups excluding carboxylic acids is 2. The van der Waals surface area contributed by atoms with E-state index in [2.05, 4.69) is 10.6 Å². The monoisotopic (exact) mass is 358 g/mol. The molecule has 0 unspecified atom stereocenters. The Hall–Kier alpha value is -3.40. The van der Waals surface area contributed by atoms with Gasteiger partial charge in [-0.2, -0.15) is 0 Å². The van der Waals surface area contributed by atoms with Gasteiger partial charge in [-0.15, -0.1) is 0 Å². The zero-order valence-corrected chi connectivity index (χ0v) is 15.2. The molecule has 136 valence electrons. The van der Waals surface area contributed by atoms with Crippen LogP contribution in [-0.4, -0.2) is 11.8 Å². The van der Waals surface area contributed by atoms with Crippen LogP contribution < -0.4 is 10.6 Å². The molecule has 0 bridgehead atoms. The molecule has 4 nitrogen and oxygen atoms in total. The van der Waals surface area contributed by atoms with Gasteiger partial charge in [0.2, 0.25) is 5.91 Å². The Morgan fingerprint density at radius 1 is 0.815 bits per heavy atom. The van der Waals surface area contributed by atoms with Gasteiger partial charge >= 0.3 is 0 Å². The molecule has 3 aromatic rings. The third-order valence-electron chi connectivity index (χ3n) is 4.35. The molecule has 3 rings (SSSR count). The fourth-order valence-corrected chi connectivity index (χ4v) is 2.87. The van der Waals surface area contributed by atoms with E-state index >= 15 is 0 Å². The molecule has 3 aromatic carbocycles. The zero-order valence-electron chi connectivity index (χ0n) is 15.2. The predicted octanol–water partition coefficient (Wildman–Crippen LogP) is 4.49. The van der Waals surface area contributed by atoms with Crippen molar-refractivity contribution in [3.05, 3.63) is 102 Å². The molecular weight excluding hydrogens is 336 g/mol. The van der Waals surface area contributed by atoms with E-state index in [1.807, 2.05) is 79.7 Å². The maximum Gasteiger partial charge on any atom is 0.251 e. The van der Waals surface area contributed by atoms with Crippen LogP contribution in [0, 0.1) is 6.92 Å². The predicted molar refractivity (Wildman–Crippen MR) is 108 cm³/mol. The van der Waals surface area contributed by atoms with Crippen LogP contribution in [0.3, 0.4) is 0 Å². The van der Waals surface area contributed by atoms with Crippen LogP contribution in [0.1, 0.15) is 33.9 Å². The largest absolute Gasteiger partial charge is 0.345 e. The van der Waals surface area contributed by atoms with Gasteiger partial charge in [-0.1, -0.05) is 66.7 Å². The highest BCUT2D eigenvalue weighted by atomic mass is 16.2. The highest BCUT2D eigenvalue weighted by molar-refractivity contribution is 5.96. The third kappa shape index (κ3) is 5.05. The second-order valence-electron chi connectivity index (χ2n) is 6.37. The van der Waals surface area contributed by atoms with E-state index in [9.17, 15) is 9.59 Å². The SMILES string of the molecule is Cc1ccccc1NC(=O)C[C@@H](NC(=O)c1ccccc1)c1ccccc1. The van der Waals surface area contributed by atoms with Gasteiger partial charge in [-0.25, -0.2) is 0 Å². The normalized spacial score (nSPS) is 11.4. The number of aryl methyl sites for hydroxylation is 1. The number of rotatable bonds is 6. The molecule has 0 spiro atoms. The van der Waals surface area contributed by atoms with E-state index in [0.717, 1.165) is 16.8 Å². The Bertz CT molecular complexity index is 908. The van der Waals surface area contributed by atoms with Crippen molar-refractivity contribution in [2.24, 2.45) is 0 Å². The van der Waals surface area contributed by atoms with Crippen LogP contribution >= 0.6 is 0 Å². The smallest absolute Gasteiger partial charge is 0.251 e. The molecule has 0 fully saturated rings. The average molecular weight is 358 g/mol. The van der Waals surface area contributed by atoms with Gasteiger partial charge in [0.1, 0.15) is 0 Å². The lowest BCUT2D eigenvalue weighted by Gasteiger charge is -2.19. The Morgan fingerprint density at radius 3 is 2.07 bits per heavy atom. The molecular formula is C23H22N2O2. The first-order valence-electron chi connectivity index (χ1n) is 8.90. The summed E-state index contributed by atoms with van der Waals surface area (Å²) in [4.78, 5) is 25.2. The summed E-state index contributed by atoms with van der Waals surface area (Å²) in [7, 11) is 0. The summed E-state index contributed by atoms with van der Waals surface area (Å²) in [5, 5.41) is 5.91. The zero-order chi connectivity index (χ0) is 19.1. The number of anilines is 1. The van der Waals surface area contributed by atoms with Crippen molar-refractivity contribution < 1.29 is 9.59 Å². The third-order valence-corrected chi connectivity index (χ3v) is 4.35. The standard InChI is InChI=1S/C23H22N2O2/c1-17-10-8-9-15-20(17)24-22(26)16-21(18-11-4-2-5-12-18)25-23(27)19-13-6-3-7-14-19/h2-15,21H,16H2,1H3,(H,24,26)(H,25,27)/t21-/m1/s1. The summed E-state index contributed by atoms with van der Waals surface area (Å²) >= 11 is 0. The van der Waals surface area contributed by atoms with Crippen molar-refractivity contribution in [1.29, 1.82) is 0 Å². The first-order chi connectivity index (χ1) is 13.1. The topological polar surface area (TPSA) is 58.2 Å². The van der Waals surface area contributed by atoms with Gasteiger partial charge < -0.3 is 10.6 Å². The van der Waals surface area contributed by atoms with Crippen LogP contribution in [0.25, 0.3) is 0 Å². The van der Waals surface area contributed by atoms with Crippen LogP contribution in [-0.2, 0) is 4.79 Å². The number of carbonyl (C=O) groups is 2. The fraction of sp³-hybridized carbons (Fsp3) is 0.130. The first kappa shape index (κ1) is 18.4. The highest BCUT2D eigenvalue weighted by Crippen LogP contribution is 2.20. The van der Waals surface area contributed by atoms with Crippen LogP contribution in [0.4, 0.5) is 5.69 Å². The first-order valence-corrected chi connectivity index (χ1v) is 8.90. The van der Waals surface area contributed by atoms with Crippen LogP contribution in [0.15, 0.2) is 84.9 Å². The van der Waals surface area contributed by atoms with Gasteiger partial charge in [0.25, 0.3) is 5.91 Å². The van der Waals surface area contributed by atoms with Crippen molar-refractivity contribution in [1.82, 2.24) is 5.32 Å². The number of benzene rings is 3. The van der Waals surface area contributed by atoms with Gasteiger partial charge in [-0.05, 0) is 36.2 Å². The molecule has 0 saturated carbocycles. The molecule has 4 heteroatoms. The Labute approximate surface area is 159 Å². The summed E-state index contributed by atoms with van der Waals surface area (Å²) in [5.74, 6) is -0.348. The Balaban J connectivity index is 1.75. The molecule has 0 aliphatic carbocycles. The highest BCUT2D eigenvalue weighted by Gasteiger charge is 2.19. The molecule has 0 aromatic heterocycles. The molecule has 0 heterocycles. The van der Waals surface area contributed by atoms with E-state index in [-0.39, 0.29) is 18.2 Å². The van der Waals surface area contributed by atoms with E-state index in [1.54, 1.807) is 12.1 Å². The van der Waals surface area contributed by atoms with Crippen LogP contribution in [0.5, 0.6) is 0 Å². The minimum absolute atomic E-state index is 0.147. The van der Waals surface area contributed by atoms with E-state index in [0.29, 0.717) is 5.56 Å². The second-order valence-corrected chi connectivity index (χ2v) is 6.37. The Kier molecular flexibility index (Phi) is 6.00. The molecule has 27 heavy (non-hydrogen) atoms. The van der Waals surface area contributed by atoms with E-state index < -0.39 is 6.04 Å². The summed E-state index contributed by atoms with van der Waals surface area (Å²) in [6.45, 7) is 1.95. The summed E-state index contributed by atoms with van der Waals surface area (Å²) in [5.41, 5.74) is 3.23. The molecule has 0 aliphatic heterocycles. The average Bonchev–Trinajstić information content (AvgIpc) is 2.70. The lowest BCUT2D eigenvalue weighted by atomic mass is 10.0. The van der Waals surface area contributed by atoms with E-state index in [1.165, 1.54) is 0 Å². The molecule has 2 N–H and O–H groups in total. The Morgan fingerprint density at radius 2 is 1.41 bits per heavy atom. The number of para-hydroxylation sites is 1. The number of amides is 2. The van der Waals surface area contributed by atoms with Gasteiger partial charge in [0, 0.05) is 11.3 Å². The van der Waals surface area contributed by atoms with E-state index in [4.69, 9.17) is 0 Å². The minimum atomic E-state index is -0.414. The van der Waals surface area contributed by atoms with Gasteiger partial charge in [0.15, 0.2) is 0 Å². The van der Waals surface area contributed by atoms with Crippen LogP contribution in [0.2, 0.25) is 0 Å². The van der Waals surface area contributed by atoms with Crippen molar-refractivity contribution in [3.63, 3.8) is 0 Å². The number of nitrogens with one attached hydrogen (secondary N) is 2. The van der Waals surface area contributed by atoms with Crippen molar-refractivity contribution in [2.45, 2.75) is 19.4 Å². The lowest BCUT2D eigenvalue weighted by Crippen LogP contribution is -2.31. The van der Waals surface area contributed by atoms with Gasteiger partial charge in [0.05, 0.1) is 12.5 Å². The summed E-state index contributed by atoms with van der Waals surface area (Å²) in [6.07, 6.45) is 0.150. The summed E-state index contributed by atoms with van der Waals surface area (Å²) < 4.78 is 0. The number of hydrogen-bond donors (Lipinski definition) is 2. The molecule has 0 radical (unpaired) electrons. The van der Waals surface area contributed by atoms with Gasteiger partial charge in [-0.3, -0.25) is 9.59 Å². The number of hydrogen-bond acceptors (Lipinski definition) is 2. The molecule has 0 aliphatic rings. The van der Waals surface area contributed by atoms with Crippen molar-refractivity contribution >= 4 is 17.5 Å². The fourth-order valence-electron chi connectivity index (χ4n) is 2.87. The summed E-state index contributed by atoms with van der Waals surface area (Å²) in [6, 6.07) is 25.8. The molecule has 1 atom stereocenters. The van der Waals surface area contributed by atoms with Crippen molar-refractivity contribution in [3.8, 4) is 0 Å². The lowest BCUT2D eigenvalue weighted by molar-refractivity contribution is -0.116. The van der Waals surface area contributed by atoms with Crippen molar-refractivity contribution in [2.75, 3.05) is 5.32 Å². The second kappa shape index (κ2) is 8.81. The molecule has 2 amide bonds. The maximum atomic E-state index is 12.6. The molecule has 0 saturated heterocycles. The maximum absolute atomic E-state index is 12.6.